The van der Waals surface area contributed by atoms with E-state index in [0.29, 0.717) is 24.5 Å². The maximum absolute atomic E-state index is 12.6. The molecule has 30 heavy (non-hydrogen) atoms. The lowest BCUT2D eigenvalue weighted by Crippen LogP contribution is -2.18. The minimum Gasteiger partial charge on any atom is -0.494 e. The minimum atomic E-state index is -0.334. The first-order valence-corrected chi connectivity index (χ1v) is 10.5. The van der Waals surface area contributed by atoms with Gasteiger partial charge in [0.05, 0.1) is 18.4 Å². The normalized spacial score (nSPS) is 10.7. The van der Waals surface area contributed by atoms with Crippen LogP contribution in [0.3, 0.4) is 0 Å². The zero-order valence-electron chi connectivity index (χ0n) is 16.7. The molecule has 0 unspecified atom stereocenters. The van der Waals surface area contributed by atoms with Gasteiger partial charge in [0, 0.05) is 4.47 Å². The third-order valence-corrected chi connectivity index (χ3v) is 4.64. The number of amides is 1. The van der Waals surface area contributed by atoms with Crippen LogP contribution in [0.25, 0.3) is 0 Å². The molecule has 3 aromatic carbocycles. The number of nitrogens with zero attached hydrogens (tertiary/aromatic N) is 1. The summed E-state index contributed by atoms with van der Waals surface area (Å²) in [5.74, 6) is 0.983. The third kappa shape index (κ3) is 6.46. The van der Waals surface area contributed by atoms with Crippen LogP contribution >= 0.6 is 15.9 Å². The molecule has 0 saturated carbocycles. The highest BCUT2D eigenvalue weighted by Crippen LogP contribution is 2.20. The van der Waals surface area contributed by atoms with Gasteiger partial charge in [0.1, 0.15) is 18.1 Å². The second kappa shape index (κ2) is 11.2. The van der Waals surface area contributed by atoms with Gasteiger partial charge in [-0.05, 0) is 66.1 Å². The molecule has 3 rings (SSSR count). The number of carbonyl (C=O) groups is 1. The van der Waals surface area contributed by atoms with Crippen LogP contribution < -0.4 is 14.9 Å². The number of nitrogens with one attached hydrogen (secondary N) is 1. The highest BCUT2D eigenvalue weighted by atomic mass is 79.9. The van der Waals surface area contributed by atoms with Gasteiger partial charge in [-0.3, -0.25) is 4.79 Å². The number of hydrazone groups is 1. The van der Waals surface area contributed by atoms with Crippen LogP contribution in [-0.2, 0) is 6.61 Å². The highest BCUT2D eigenvalue weighted by molar-refractivity contribution is 9.10. The number of hydrogen-bond acceptors (Lipinski definition) is 4. The van der Waals surface area contributed by atoms with Gasteiger partial charge in [0.15, 0.2) is 0 Å². The fourth-order valence-electron chi connectivity index (χ4n) is 2.66. The van der Waals surface area contributed by atoms with Crippen molar-refractivity contribution < 1.29 is 14.3 Å². The number of carbonyl (C=O) groups excluding carboxylic acids is 1. The van der Waals surface area contributed by atoms with Crippen molar-refractivity contribution in [1.82, 2.24) is 5.43 Å². The molecule has 0 fully saturated rings. The molecule has 0 spiro atoms. The molecule has 0 bridgehead atoms. The lowest BCUT2D eigenvalue weighted by Gasteiger charge is -2.10. The second-order valence-corrected chi connectivity index (χ2v) is 7.45. The number of ether oxygens (including phenoxy) is 2. The smallest absolute Gasteiger partial charge is 0.275 e. The second-order valence-electron chi connectivity index (χ2n) is 6.53. The lowest BCUT2D eigenvalue weighted by atomic mass is 10.2. The molecular formula is C24H23BrN2O3. The van der Waals surface area contributed by atoms with Gasteiger partial charge < -0.3 is 9.47 Å². The summed E-state index contributed by atoms with van der Waals surface area (Å²) in [6.45, 7) is 3.11. The summed E-state index contributed by atoms with van der Waals surface area (Å²) in [7, 11) is 0. The fraction of sp³-hybridized carbons (Fsp3) is 0.167. The number of para-hydroxylation sites is 1. The SMILES string of the molecule is CCCOc1ccc(/C=N/NC(=O)c2ccccc2OCc2cccc(Br)c2)cc1. The Balaban J connectivity index is 1.59. The van der Waals surface area contributed by atoms with Crippen molar-refractivity contribution in [3.8, 4) is 11.5 Å². The number of hydrogen-bond donors (Lipinski definition) is 1. The first-order chi connectivity index (χ1) is 14.7. The van der Waals surface area contributed by atoms with Crippen LogP contribution in [0.2, 0.25) is 0 Å². The van der Waals surface area contributed by atoms with Gasteiger partial charge in [0.25, 0.3) is 5.91 Å². The summed E-state index contributed by atoms with van der Waals surface area (Å²) >= 11 is 3.45. The average Bonchev–Trinajstić information content (AvgIpc) is 2.77. The Morgan fingerprint density at radius 3 is 2.60 bits per heavy atom. The summed E-state index contributed by atoms with van der Waals surface area (Å²) < 4.78 is 12.4. The molecule has 0 aliphatic heterocycles. The summed E-state index contributed by atoms with van der Waals surface area (Å²) in [6.07, 6.45) is 2.55. The van der Waals surface area contributed by atoms with Gasteiger partial charge in [-0.2, -0.15) is 5.10 Å². The summed E-state index contributed by atoms with van der Waals surface area (Å²) in [5, 5.41) is 4.05. The van der Waals surface area contributed by atoms with Gasteiger partial charge in [-0.25, -0.2) is 5.43 Å². The molecule has 1 N–H and O–H groups in total. The van der Waals surface area contributed by atoms with E-state index < -0.39 is 0 Å². The molecule has 0 aliphatic rings. The fourth-order valence-corrected chi connectivity index (χ4v) is 3.11. The van der Waals surface area contributed by atoms with E-state index in [4.69, 9.17) is 9.47 Å². The number of halogens is 1. The van der Waals surface area contributed by atoms with E-state index in [1.165, 1.54) is 0 Å². The average molecular weight is 467 g/mol. The molecule has 0 heterocycles. The Hall–Kier alpha value is -3.12. The first-order valence-electron chi connectivity index (χ1n) is 9.68. The number of rotatable bonds is 9. The maximum atomic E-state index is 12.6. The zero-order valence-corrected chi connectivity index (χ0v) is 18.3. The van der Waals surface area contributed by atoms with E-state index in [-0.39, 0.29) is 5.91 Å². The van der Waals surface area contributed by atoms with Gasteiger partial charge >= 0.3 is 0 Å². The van der Waals surface area contributed by atoms with Crippen LogP contribution in [0.15, 0.2) is 82.4 Å². The summed E-state index contributed by atoms with van der Waals surface area (Å²) in [5.41, 5.74) is 4.84. The Bertz CT molecular complexity index is 1000. The van der Waals surface area contributed by atoms with E-state index in [2.05, 4.69) is 33.4 Å². The molecule has 154 valence electrons. The zero-order chi connectivity index (χ0) is 21.2. The molecule has 0 aliphatic carbocycles. The Labute approximate surface area is 184 Å². The molecule has 5 nitrogen and oxygen atoms in total. The molecule has 0 saturated heterocycles. The quantitative estimate of drug-likeness (QED) is 0.330. The van der Waals surface area contributed by atoms with E-state index in [0.717, 1.165) is 27.8 Å². The van der Waals surface area contributed by atoms with E-state index in [1.54, 1.807) is 24.4 Å². The van der Waals surface area contributed by atoms with Crippen molar-refractivity contribution in [2.24, 2.45) is 5.10 Å². The molecule has 0 radical (unpaired) electrons. The van der Waals surface area contributed by atoms with Crippen LogP contribution in [0.5, 0.6) is 11.5 Å². The van der Waals surface area contributed by atoms with Crippen LogP contribution in [0, 0.1) is 0 Å². The Morgan fingerprint density at radius 2 is 1.83 bits per heavy atom. The van der Waals surface area contributed by atoms with Crippen molar-refractivity contribution in [2.45, 2.75) is 20.0 Å². The van der Waals surface area contributed by atoms with Crippen LogP contribution in [-0.4, -0.2) is 18.7 Å². The molecule has 1 amide bonds. The standard InChI is InChI=1S/C24H23BrN2O3/c1-2-14-29-21-12-10-18(11-13-21)16-26-27-24(28)22-8-3-4-9-23(22)30-17-19-6-5-7-20(25)15-19/h3-13,15-16H,2,14,17H2,1H3,(H,27,28)/b26-16+. The van der Waals surface area contributed by atoms with Gasteiger partial charge in [0.2, 0.25) is 0 Å². The topological polar surface area (TPSA) is 59.9 Å². The predicted molar refractivity (Wildman–Crippen MR) is 122 cm³/mol. The first kappa shape index (κ1) is 21.6. The summed E-state index contributed by atoms with van der Waals surface area (Å²) in [4.78, 5) is 12.6. The largest absolute Gasteiger partial charge is 0.494 e. The third-order valence-electron chi connectivity index (χ3n) is 4.15. The van der Waals surface area contributed by atoms with Crippen molar-refractivity contribution >= 4 is 28.1 Å². The van der Waals surface area contributed by atoms with Crippen molar-refractivity contribution in [3.63, 3.8) is 0 Å². The van der Waals surface area contributed by atoms with Crippen molar-refractivity contribution in [3.05, 3.63) is 94.0 Å². The molecule has 6 heteroatoms. The maximum Gasteiger partial charge on any atom is 0.275 e. The molecule has 3 aromatic rings. The predicted octanol–water partition coefficient (Wildman–Crippen LogP) is 5.58. The van der Waals surface area contributed by atoms with Gasteiger partial charge in [-0.1, -0.05) is 47.1 Å². The monoisotopic (exact) mass is 466 g/mol. The van der Waals surface area contributed by atoms with Crippen LogP contribution in [0.1, 0.15) is 34.8 Å². The van der Waals surface area contributed by atoms with Crippen molar-refractivity contribution in [2.75, 3.05) is 6.61 Å². The molecule has 0 aromatic heterocycles. The molecule has 0 atom stereocenters. The van der Waals surface area contributed by atoms with E-state index in [1.807, 2.05) is 54.6 Å². The van der Waals surface area contributed by atoms with Crippen LogP contribution in [0.4, 0.5) is 0 Å². The Kier molecular flexibility index (Phi) is 8.03. The summed E-state index contributed by atoms with van der Waals surface area (Å²) in [6, 6.07) is 22.5. The van der Waals surface area contributed by atoms with E-state index >= 15 is 0 Å². The minimum absolute atomic E-state index is 0.334. The Morgan fingerprint density at radius 1 is 1.03 bits per heavy atom. The number of benzene rings is 3. The highest BCUT2D eigenvalue weighted by Gasteiger charge is 2.11. The van der Waals surface area contributed by atoms with E-state index in [9.17, 15) is 4.79 Å². The van der Waals surface area contributed by atoms with Gasteiger partial charge in [-0.15, -0.1) is 0 Å². The molecular weight excluding hydrogens is 444 g/mol. The lowest BCUT2D eigenvalue weighted by molar-refractivity contribution is 0.0950. The van der Waals surface area contributed by atoms with Crippen molar-refractivity contribution in [1.29, 1.82) is 0 Å².